The van der Waals surface area contributed by atoms with E-state index in [2.05, 4.69) is 76.2 Å². The Balaban J connectivity index is 0.000000131. The normalized spacial score (nSPS) is 22.0. The van der Waals surface area contributed by atoms with E-state index in [-0.39, 0.29) is 0 Å². The summed E-state index contributed by atoms with van der Waals surface area (Å²) in [5, 5.41) is 0. The van der Waals surface area contributed by atoms with E-state index >= 15 is 0 Å². The Morgan fingerprint density at radius 3 is 2.14 bits per heavy atom. The van der Waals surface area contributed by atoms with Crippen LogP contribution in [0.25, 0.3) is 5.57 Å². The summed E-state index contributed by atoms with van der Waals surface area (Å²) in [5.74, 6) is 1.61. The van der Waals surface area contributed by atoms with Crippen LogP contribution in [0.15, 0.2) is 54.1 Å². The number of allylic oxidation sites excluding steroid dienone is 2. The molecule has 0 nitrogen and oxygen atoms in total. The highest BCUT2D eigenvalue weighted by Crippen LogP contribution is 2.36. The quantitative estimate of drug-likeness (QED) is 0.556. The molecule has 0 radical (unpaired) electrons. The molecule has 2 aromatic rings. The van der Waals surface area contributed by atoms with Crippen LogP contribution in [0.2, 0.25) is 0 Å². The molecular formula is C22H26. The minimum atomic E-state index is 0.770. The van der Waals surface area contributed by atoms with E-state index in [0.29, 0.717) is 0 Å². The van der Waals surface area contributed by atoms with Gasteiger partial charge in [0.25, 0.3) is 0 Å². The van der Waals surface area contributed by atoms with E-state index in [0.717, 1.165) is 18.3 Å². The van der Waals surface area contributed by atoms with Gasteiger partial charge in [-0.05, 0) is 66.4 Å². The number of benzene rings is 2. The predicted molar refractivity (Wildman–Crippen MR) is 96.1 cm³/mol. The molecule has 0 amide bonds. The lowest BCUT2D eigenvalue weighted by atomic mass is 9.97. The van der Waals surface area contributed by atoms with Crippen LogP contribution in [0.5, 0.6) is 0 Å². The highest BCUT2D eigenvalue weighted by atomic mass is 14.3. The second kappa shape index (κ2) is 6.12. The smallest absolute Gasteiger partial charge is 0.00579 e. The highest BCUT2D eigenvalue weighted by Gasteiger charge is 2.24. The van der Waals surface area contributed by atoms with Crippen LogP contribution in [0.3, 0.4) is 0 Å². The molecule has 0 bridgehead atoms. The summed E-state index contributed by atoms with van der Waals surface area (Å²) in [7, 11) is 0. The first-order valence-corrected chi connectivity index (χ1v) is 8.40. The van der Waals surface area contributed by atoms with Crippen molar-refractivity contribution in [3.8, 4) is 0 Å². The molecule has 2 aliphatic carbocycles. The zero-order valence-corrected chi connectivity index (χ0v) is 14.2. The molecule has 0 fully saturated rings. The van der Waals surface area contributed by atoms with E-state index in [1.165, 1.54) is 28.7 Å². The summed E-state index contributed by atoms with van der Waals surface area (Å²) in [5.41, 5.74) is 9.06. The van der Waals surface area contributed by atoms with E-state index in [1.807, 2.05) is 0 Å². The lowest BCUT2D eigenvalue weighted by molar-refractivity contribution is 0.532. The van der Waals surface area contributed by atoms with Crippen LogP contribution in [-0.2, 0) is 12.8 Å². The van der Waals surface area contributed by atoms with Gasteiger partial charge in [-0.15, -0.1) is 0 Å². The van der Waals surface area contributed by atoms with Crippen molar-refractivity contribution in [2.24, 2.45) is 5.92 Å². The zero-order valence-electron chi connectivity index (χ0n) is 14.2. The van der Waals surface area contributed by atoms with Crippen LogP contribution in [0.4, 0.5) is 0 Å². The van der Waals surface area contributed by atoms with Gasteiger partial charge in [0.1, 0.15) is 0 Å². The van der Waals surface area contributed by atoms with Gasteiger partial charge in [0.15, 0.2) is 0 Å². The van der Waals surface area contributed by atoms with Gasteiger partial charge in [-0.2, -0.15) is 0 Å². The first kappa shape index (κ1) is 15.1. The van der Waals surface area contributed by atoms with Gasteiger partial charge in [0.2, 0.25) is 0 Å². The maximum atomic E-state index is 2.34. The fourth-order valence-corrected chi connectivity index (χ4v) is 3.68. The van der Waals surface area contributed by atoms with Crippen LogP contribution in [0.1, 0.15) is 55.9 Å². The first-order chi connectivity index (χ1) is 10.6. The van der Waals surface area contributed by atoms with E-state index < -0.39 is 0 Å². The van der Waals surface area contributed by atoms with Crippen molar-refractivity contribution in [1.29, 1.82) is 0 Å². The molecule has 0 heterocycles. The molecule has 114 valence electrons. The van der Waals surface area contributed by atoms with Gasteiger partial charge >= 0.3 is 0 Å². The Bertz CT molecular complexity index is 699. The molecule has 0 aliphatic heterocycles. The molecule has 2 aliphatic rings. The SMILES string of the molecule is CC1=C(C)c2ccccc2C1.C[C@@H]1c2ccccc2C[C@@H]1C. The first-order valence-electron chi connectivity index (χ1n) is 8.40. The Morgan fingerprint density at radius 1 is 0.818 bits per heavy atom. The van der Waals surface area contributed by atoms with Crippen molar-refractivity contribution in [1.82, 2.24) is 0 Å². The van der Waals surface area contributed by atoms with E-state index in [4.69, 9.17) is 0 Å². The summed E-state index contributed by atoms with van der Waals surface area (Å²) in [4.78, 5) is 0. The molecule has 2 atom stereocenters. The Morgan fingerprint density at radius 2 is 1.45 bits per heavy atom. The van der Waals surface area contributed by atoms with Gasteiger partial charge in [-0.1, -0.05) is 68.0 Å². The summed E-state index contributed by atoms with van der Waals surface area (Å²) in [6.07, 6.45) is 2.43. The number of hydrogen-bond donors (Lipinski definition) is 0. The van der Waals surface area contributed by atoms with Crippen molar-refractivity contribution in [3.63, 3.8) is 0 Å². The number of fused-ring (bicyclic) bond motifs is 2. The van der Waals surface area contributed by atoms with Crippen molar-refractivity contribution in [2.75, 3.05) is 0 Å². The van der Waals surface area contributed by atoms with Crippen LogP contribution < -0.4 is 0 Å². The van der Waals surface area contributed by atoms with E-state index in [9.17, 15) is 0 Å². The molecule has 0 saturated carbocycles. The topological polar surface area (TPSA) is 0 Å². The van der Waals surface area contributed by atoms with Crippen LogP contribution >= 0.6 is 0 Å². The predicted octanol–water partition coefficient (Wildman–Crippen LogP) is 6.02. The monoisotopic (exact) mass is 290 g/mol. The Hall–Kier alpha value is -1.82. The van der Waals surface area contributed by atoms with Crippen LogP contribution in [0, 0.1) is 5.92 Å². The summed E-state index contributed by atoms with van der Waals surface area (Å²) < 4.78 is 0. The maximum absolute atomic E-state index is 2.34. The second-order valence-electron chi connectivity index (χ2n) is 6.91. The summed E-state index contributed by atoms with van der Waals surface area (Å²) >= 11 is 0. The van der Waals surface area contributed by atoms with Gasteiger partial charge in [-0.3, -0.25) is 0 Å². The summed E-state index contributed by atoms with van der Waals surface area (Å²) in [6, 6.07) is 17.5. The molecule has 0 saturated heterocycles. The third-order valence-electron chi connectivity index (χ3n) is 5.46. The highest BCUT2D eigenvalue weighted by molar-refractivity contribution is 5.74. The molecule has 0 unspecified atom stereocenters. The Labute approximate surface area is 134 Å². The van der Waals surface area contributed by atoms with Gasteiger partial charge in [0.05, 0.1) is 0 Å². The van der Waals surface area contributed by atoms with Crippen molar-refractivity contribution in [3.05, 3.63) is 76.4 Å². The zero-order chi connectivity index (χ0) is 15.7. The minimum absolute atomic E-state index is 0.770. The fourth-order valence-electron chi connectivity index (χ4n) is 3.68. The third-order valence-corrected chi connectivity index (χ3v) is 5.46. The van der Waals surface area contributed by atoms with Gasteiger partial charge in [0, 0.05) is 0 Å². The molecule has 0 heteroatoms. The van der Waals surface area contributed by atoms with Gasteiger partial charge in [-0.25, -0.2) is 0 Å². The Kier molecular flexibility index (Phi) is 4.20. The molecule has 2 aromatic carbocycles. The number of hydrogen-bond acceptors (Lipinski definition) is 0. The standard InChI is InChI=1S/C11H14.C11H12/c2*1-8-7-10-5-3-4-6-11(10)9(8)2/h3-6,8-9H,7H2,1-2H3;3-6H,7H2,1-2H3/t8-,9-;/m0./s1. The maximum Gasteiger partial charge on any atom is -0.00579 e. The molecule has 0 aromatic heterocycles. The molecule has 22 heavy (non-hydrogen) atoms. The lowest BCUT2D eigenvalue weighted by Gasteiger charge is -2.08. The van der Waals surface area contributed by atoms with E-state index in [1.54, 1.807) is 11.1 Å². The average Bonchev–Trinajstić information content (AvgIpc) is 2.98. The number of rotatable bonds is 0. The second-order valence-corrected chi connectivity index (χ2v) is 6.91. The molecule has 0 N–H and O–H groups in total. The summed E-state index contributed by atoms with van der Waals surface area (Å²) in [6.45, 7) is 9.09. The molecular weight excluding hydrogens is 264 g/mol. The fraction of sp³-hybridized carbons (Fsp3) is 0.364. The van der Waals surface area contributed by atoms with Crippen molar-refractivity contribution < 1.29 is 0 Å². The third kappa shape index (κ3) is 2.75. The molecule has 4 rings (SSSR count). The minimum Gasteiger partial charge on any atom is -0.0654 e. The largest absolute Gasteiger partial charge is 0.0654 e. The molecule has 0 spiro atoms. The average molecular weight is 290 g/mol. The van der Waals surface area contributed by atoms with Crippen molar-refractivity contribution >= 4 is 5.57 Å². The van der Waals surface area contributed by atoms with Crippen LogP contribution in [-0.4, -0.2) is 0 Å². The lowest BCUT2D eigenvalue weighted by Crippen LogP contribution is -1.97. The van der Waals surface area contributed by atoms with Crippen molar-refractivity contribution in [2.45, 2.75) is 46.5 Å². The van der Waals surface area contributed by atoms with Gasteiger partial charge < -0.3 is 0 Å².